The summed E-state index contributed by atoms with van der Waals surface area (Å²) < 4.78 is 1.83. The largest absolute Gasteiger partial charge is 0.356 e. The number of rotatable bonds is 5. The predicted molar refractivity (Wildman–Crippen MR) is 168 cm³/mol. The van der Waals surface area contributed by atoms with Crippen LogP contribution >= 0.6 is 11.6 Å². The van der Waals surface area contributed by atoms with Crippen LogP contribution in [0.2, 0.25) is 5.02 Å². The van der Waals surface area contributed by atoms with Gasteiger partial charge in [-0.2, -0.15) is 5.10 Å². The number of carbonyl (C=O) groups excluding carboxylic acids is 2. The highest BCUT2D eigenvalue weighted by Gasteiger charge is 2.32. The average Bonchev–Trinajstić information content (AvgIpc) is 3.69. The molecule has 2 aliphatic heterocycles. The Morgan fingerprint density at radius 1 is 0.976 bits per heavy atom. The van der Waals surface area contributed by atoms with Crippen LogP contribution < -0.4 is 16.4 Å². The Hall–Kier alpha value is -4.39. The van der Waals surface area contributed by atoms with Crippen molar-refractivity contribution in [1.29, 1.82) is 0 Å². The van der Waals surface area contributed by atoms with E-state index in [2.05, 4.69) is 30.0 Å². The van der Waals surface area contributed by atoms with Crippen molar-refractivity contribution in [3.05, 3.63) is 88.2 Å². The van der Waals surface area contributed by atoms with Gasteiger partial charge in [-0.05, 0) is 69.4 Å². The van der Waals surface area contributed by atoms with Crippen LogP contribution in [0.1, 0.15) is 70.1 Å². The number of hydrogen-bond acceptors (Lipinski definition) is 6. The van der Waals surface area contributed by atoms with Crippen molar-refractivity contribution in [2.75, 3.05) is 29.9 Å². The Bertz CT molecular complexity index is 1580. The smallest absolute Gasteiger partial charge is 0.256 e. The SMILES string of the molecule is C#C.Cc1cn2nc([C@@H]3CCCCN3C(=O)c3cc(Cl)ccc3NC(=O)c3ccccc3)cc2nc1N1CCCC1.N. The number of anilines is 2. The van der Waals surface area contributed by atoms with Gasteiger partial charge in [0, 0.05) is 48.0 Å². The van der Waals surface area contributed by atoms with E-state index in [0.717, 1.165) is 55.1 Å². The number of hydrogen-bond donors (Lipinski definition) is 2. The highest BCUT2D eigenvalue weighted by molar-refractivity contribution is 6.31. The second-order valence-electron chi connectivity index (χ2n) is 10.3. The lowest BCUT2D eigenvalue weighted by atomic mass is 9.97. The lowest BCUT2D eigenvalue weighted by molar-refractivity contribution is 0.0607. The third-order valence-corrected chi connectivity index (χ3v) is 7.87. The summed E-state index contributed by atoms with van der Waals surface area (Å²) in [6.07, 6.45) is 15.1. The maximum absolute atomic E-state index is 14.0. The molecule has 2 aromatic heterocycles. The maximum Gasteiger partial charge on any atom is 0.256 e. The van der Waals surface area contributed by atoms with Crippen LogP contribution in [0.4, 0.5) is 11.5 Å². The molecule has 2 amide bonds. The number of halogens is 1. The molecule has 1 atom stereocenters. The molecule has 2 saturated heterocycles. The first-order valence-corrected chi connectivity index (χ1v) is 14.3. The zero-order valence-electron chi connectivity index (χ0n) is 23.8. The molecule has 4 aromatic rings. The topological polar surface area (TPSA) is 118 Å². The molecule has 42 heavy (non-hydrogen) atoms. The molecular formula is C32H36ClN7O2. The molecule has 2 aliphatic rings. The monoisotopic (exact) mass is 585 g/mol. The van der Waals surface area contributed by atoms with Crippen LogP contribution in [0.25, 0.3) is 5.65 Å². The number of aromatic nitrogens is 3. The number of piperidine rings is 1. The first-order valence-electron chi connectivity index (χ1n) is 13.9. The third-order valence-electron chi connectivity index (χ3n) is 7.63. The number of aryl methyl sites for hydroxylation is 1. The van der Waals surface area contributed by atoms with E-state index in [9.17, 15) is 9.59 Å². The van der Waals surface area contributed by atoms with Crippen molar-refractivity contribution in [2.45, 2.75) is 45.1 Å². The van der Waals surface area contributed by atoms with Gasteiger partial charge in [0.15, 0.2) is 5.65 Å². The molecule has 10 heteroatoms. The van der Waals surface area contributed by atoms with Crippen molar-refractivity contribution < 1.29 is 9.59 Å². The summed E-state index contributed by atoms with van der Waals surface area (Å²) >= 11 is 6.33. The summed E-state index contributed by atoms with van der Waals surface area (Å²) in [7, 11) is 0. The van der Waals surface area contributed by atoms with Crippen LogP contribution in [0.3, 0.4) is 0 Å². The number of fused-ring (bicyclic) bond motifs is 1. The minimum Gasteiger partial charge on any atom is -0.356 e. The van der Waals surface area contributed by atoms with Crippen LogP contribution in [0.15, 0.2) is 60.8 Å². The molecular weight excluding hydrogens is 550 g/mol. The molecule has 4 N–H and O–H groups in total. The predicted octanol–water partition coefficient (Wildman–Crippen LogP) is 6.32. The van der Waals surface area contributed by atoms with Gasteiger partial charge in [-0.15, -0.1) is 12.8 Å². The summed E-state index contributed by atoms with van der Waals surface area (Å²) in [6, 6.07) is 15.8. The standard InChI is InChI=1S/C30H31ClN6O2.C2H2.H3N/c1-20-19-37-27(33-28(20)35-14-7-8-15-35)18-25(34-37)26-11-5-6-16-36(26)30(39)23-17-22(31)12-13-24(23)32-29(38)21-9-3-2-4-10-21;1-2;/h2-4,9-10,12-13,17-19,26H,5-8,11,14-16H2,1H3,(H,32,38);1-2H;1H3/t26-;;/m0../s1. The highest BCUT2D eigenvalue weighted by Crippen LogP contribution is 2.34. The second-order valence-corrected chi connectivity index (χ2v) is 10.8. The Balaban J connectivity index is 0.00000132. The van der Waals surface area contributed by atoms with Crippen molar-refractivity contribution in [1.82, 2.24) is 25.6 Å². The number of nitrogens with zero attached hydrogens (tertiary/aromatic N) is 5. The van der Waals surface area contributed by atoms with E-state index in [1.54, 1.807) is 42.5 Å². The fraction of sp³-hybridized carbons (Fsp3) is 0.312. The van der Waals surface area contributed by atoms with E-state index >= 15 is 0 Å². The van der Waals surface area contributed by atoms with E-state index in [0.29, 0.717) is 28.4 Å². The molecule has 4 heterocycles. The van der Waals surface area contributed by atoms with E-state index in [1.807, 2.05) is 27.7 Å². The van der Waals surface area contributed by atoms with E-state index in [1.165, 1.54) is 12.8 Å². The van der Waals surface area contributed by atoms with Gasteiger partial charge in [0.2, 0.25) is 0 Å². The van der Waals surface area contributed by atoms with Crippen LogP contribution in [-0.2, 0) is 0 Å². The number of nitrogens with one attached hydrogen (secondary N) is 1. The Kier molecular flexibility index (Phi) is 9.84. The summed E-state index contributed by atoms with van der Waals surface area (Å²) in [5.41, 5.74) is 4.02. The summed E-state index contributed by atoms with van der Waals surface area (Å²) in [6.45, 7) is 4.72. The van der Waals surface area contributed by atoms with E-state index in [4.69, 9.17) is 21.7 Å². The number of amides is 2. The molecule has 0 bridgehead atoms. The van der Waals surface area contributed by atoms with Crippen molar-refractivity contribution in [3.63, 3.8) is 0 Å². The zero-order chi connectivity index (χ0) is 28.9. The zero-order valence-corrected chi connectivity index (χ0v) is 24.6. The Labute approximate surface area is 251 Å². The fourth-order valence-corrected chi connectivity index (χ4v) is 5.83. The lowest BCUT2D eigenvalue weighted by Gasteiger charge is -2.35. The molecule has 9 nitrogen and oxygen atoms in total. The number of likely N-dealkylation sites (tertiary alicyclic amines) is 1. The van der Waals surface area contributed by atoms with E-state index in [-0.39, 0.29) is 24.0 Å². The van der Waals surface area contributed by atoms with Crippen molar-refractivity contribution >= 4 is 40.6 Å². The Morgan fingerprint density at radius 2 is 1.69 bits per heavy atom. The molecule has 2 fully saturated rings. The summed E-state index contributed by atoms with van der Waals surface area (Å²) in [5, 5.41) is 8.21. The molecule has 218 valence electrons. The molecule has 6 rings (SSSR count). The number of terminal acetylenes is 1. The Morgan fingerprint density at radius 3 is 2.43 bits per heavy atom. The molecule has 0 spiro atoms. The van der Waals surface area contributed by atoms with Crippen molar-refractivity contribution in [2.24, 2.45) is 0 Å². The summed E-state index contributed by atoms with van der Waals surface area (Å²) in [5.74, 6) is 0.558. The third kappa shape index (κ3) is 6.25. The minimum absolute atomic E-state index is 0. The first-order chi connectivity index (χ1) is 20.0. The van der Waals surface area contributed by atoms with Gasteiger partial charge in [-0.3, -0.25) is 9.59 Å². The number of carbonyl (C=O) groups is 2. The molecule has 0 unspecified atom stereocenters. The van der Waals surface area contributed by atoms with Gasteiger partial charge >= 0.3 is 0 Å². The summed E-state index contributed by atoms with van der Waals surface area (Å²) in [4.78, 5) is 36.1. The number of benzene rings is 2. The fourth-order valence-electron chi connectivity index (χ4n) is 5.65. The van der Waals surface area contributed by atoms with Gasteiger partial charge in [-0.25, -0.2) is 9.50 Å². The van der Waals surface area contributed by atoms with Gasteiger partial charge < -0.3 is 21.3 Å². The van der Waals surface area contributed by atoms with Gasteiger partial charge in [0.25, 0.3) is 11.8 Å². The maximum atomic E-state index is 14.0. The first kappa shape index (κ1) is 30.6. The van der Waals surface area contributed by atoms with Crippen LogP contribution in [0, 0.1) is 19.8 Å². The van der Waals surface area contributed by atoms with Gasteiger partial charge in [-0.1, -0.05) is 29.8 Å². The van der Waals surface area contributed by atoms with Crippen molar-refractivity contribution in [3.8, 4) is 12.8 Å². The van der Waals surface area contributed by atoms with Crippen LogP contribution in [-0.4, -0.2) is 50.9 Å². The molecule has 2 aromatic carbocycles. The lowest BCUT2D eigenvalue weighted by Crippen LogP contribution is -2.39. The minimum atomic E-state index is -0.280. The normalized spacial score (nSPS) is 16.3. The molecule has 0 radical (unpaired) electrons. The quantitative estimate of drug-likeness (QED) is 0.265. The second kappa shape index (κ2) is 13.5. The van der Waals surface area contributed by atoms with Crippen LogP contribution in [0.5, 0.6) is 0 Å². The molecule has 0 saturated carbocycles. The molecule has 0 aliphatic carbocycles. The van der Waals surface area contributed by atoms with E-state index < -0.39 is 0 Å². The van der Waals surface area contributed by atoms with Gasteiger partial charge in [0.1, 0.15) is 5.82 Å². The van der Waals surface area contributed by atoms with Gasteiger partial charge in [0.05, 0.1) is 23.0 Å². The average molecular weight is 586 g/mol. The highest BCUT2D eigenvalue weighted by atomic mass is 35.5.